The summed E-state index contributed by atoms with van der Waals surface area (Å²) in [5.74, 6) is -1.30. The molecule has 3 atom stereocenters. The van der Waals surface area contributed by atoms with Crippen LogP contribution < -0.4 is 5.32 Å². The highest BCUT2D eigenvalue weighted by molar-refractivity contribution is 5.79. The third-order valence-electron chi connectivity index (χ3n) is 7.04. The van der Waals surface area contributed by atoms with Gasteiger partial charge in [-0.15, -0.1) is 0 Å². The molecule has 1 aliphatic carbocycles. The number of amides is 2. The van der Waals surface area contributed by atoms with E-state index in [2.05, 4.69) is 29.6 Å². The molecule has 34 heavy (non-hydrogen) atoms. The zero-order valence-corrected chi connectivity index (χ0v) is 19.7. The third-order valence-corrected chi connectivity index (χ3v) is 7.04. The molecular formula is C27H32N2O5. The minimum absolute atomic E-state index is 0.00229. The molecule has 7 heteroatoms. The van der Waals surface area contributed by atoms with Crippen molar-refractivity contribution in [3.8, 4) is 11.1 Å². The Balaban J connectivity index is 1.23. The predicted octanol–water partition coefficient (Wildman–Crippen LogP) is 4.12. The lowest BCUT2D eigenvalue weighted by atomic mass is 9.86. The summed E-state index contributed by atoms with van der Waals surface area (Å²) in [6, 6.07) is 16.4. The molecule has 1 fully saturated rings. The van der Waals surface area contributed by atoms with Gasteiger partial charge in [-0.3, -0.25) is 9.59 Å². The molecule has 1 saturated heterocycles. The number of carboxylic acids is 1. The molecule has 0 spiro atoms. The number of hydrogen-bond donors (Lipinski definition) is 2. The van der Waals surface area contributed by atoms with Crippen molar-refractivity contribution in [3.63, 3.8) is 0 Å². The van der Waals surface area contributed by atoms with Crippen LogP contribution in [0, 0.1) is 17.8 Å². The van der Waals surface area contributed by atoms with Gasteiger partial charge in [0.25, 0.3) is 0 Å². The monoisotopic (exact) mass is 464 g/mol. The zero-order chi connectivity index (χ0) is 24.2. The molecule has 7 nitrogen and oxygen atoms in total. The van der Waals surface area contributed by atoms with E-state index in [9.17, 15) is 19.5 Å². The lowest BCUT2D eigenvalue weighted by molar-refractivity contribution is -0.148. The molecule has 3 unspecified atom stereocenters. The maximum atomic E-state index is 12.6. The SMILES string of the molecule is CC(CNC(=O)OCC1c2ccccc2-c2ccccc21)CC(=O)N1CCC(C(=O)O)C(C)C1. The number of nitrogens with one attached hydrogen (secondary N) is 1. The highest BCUT2D eigenvalue weighted by Crippen LogP contribution is 2.44. The van der Waals surface area contributed by atoms with Gasteiger partial charge in [0, 0.05) is 32.0 Å². The minimum atomic E-state index is -0.791. The van der Waals surface area contributed by atoms with Gasteiger partial charge < -0.3 is 20.1 Å². The van der Waals surface area contributed by atoms with Crippen molar-refractivity contribution in [3.05, 3.63) is 59.7 Å². The summed E-state index contributed by atoms with van der Waals surface area (Å²) < 4.78 is 5.56. The van der Waals surface area contributed by atoms with E-state index in [4.69, 9.17) is 4.74 Å². The van der Waals surface area contributed by atoms with Crippen LogP contribution in [0.1, 0.15) is 43.7 Å². The van der Waals surface area contributed by atoms with Gasteiger partial charge in [0.2, 0.25) is 5.91 Å². The van der Waals surface area contributed by atoms with E-state index in [-0.39, 0.29) is 30.3 Å². The van der Waals surface area contributed by atoms with Crippen molar-refractivity contribution >= 4 is 18.0 Å². The number of fused-ring (bicyclic) bond motifs is 3. The Morgan fingerprint density at radius 3 is 2.29 bits per heavy atom. The molecule has 0 radical (unpaired) electrons. The average Bonchev–Trinajstić information content (AvgIpc) is 3.15. The number of nitrogens with zero attached hydrogens (tertiary/aromatic N) is 1. The molecule has 2 aliphatic rings. The van der Waals surface area contributed by atoms with Crippen molar-refractivity contribution in [2.75, 3.05) is 26.2 Å². The molecule has 4 rings (SSSR count). The molecule has 0 bridgehead atoms. The lowest BCUT2D eigenvalue weighted by Crippen LogP contribution is -2.45. The molecule has 2 aromatic carbocycles. The van der Waals surface area contributed by atoms with Crippen LogP contribution in [0.3, 0.4) is 0 Å². The third kappa shape index (κ3) is 5.08. The molecule has 1 heterocycles. The Bertz CT molecular complexity index is 1020. The van der Waals surface area contributed by atoms with Gasteiger partial charge in [-0.25, -0.2) is 4.79 Å². The van der Waals surface area contributed by atoms with E-state index < -0.39 is 18.0 Å². The number of carbonyl (C=O) groups is 3. The number of ether oxygens (including phenoxy) is 1. The van der Waals surface area contributed by atoms with Gasteiger partial charge >= 0.3 is 12.1 Å². The molecule has 2 amide bonds. The van der Waals surface area contributed by atoms with Gasteiger partial charge in [-0.1, -0.05) is 62.4 Å². The Labute approximate surface area is 200 Å². The van der Waals surface area contributed by atoms with Gasteiger partial charge in [0.1, 0.15) is 6.61 Å². The number of hydrogen-bond acceptors (Lipinski definition) is 4. The number of alkyl carbamates (subject to hydrolysis) is 1. The number of rotatable bonds is 7. The Kier molecular flexibility index (Phi) is 7.20. The summed E-state index contributed by atoms with van der Waals surface area (Å²) in [5, 5.41) is 12.0. The molecule has 0 saturated carbocycles. The van der Waals surface area contributed by atoms with E-state index in [1.807, 2.05) is 38.1 Å². The van der Waals surface area contributed by atoms with E-state index in [0.717, 1.165) is 11.1 Å². The first-order chi connectivity index (χ1) is 16.3. The summed E-state index contributed by atoms with van der Waals surface area (Å²) >= 11 is 0. The summed E-state index contributed by atoms with van der Waals surface area (Å²) in [6.45, 7) is 5.30. The first-order valence-electron chi connectivity index (χ1n) is 11.9. The van der Waals surface area contributed by atoms with Crippen molar-refractivity contribution in [2.24, 2.45) is 17.8 Å². The van der Waals surface area contributed by atoms with Crippen LogP contribution in [-0.2, 0) is 14.3 Å². The van der Waals surface area contributed by atoms with E-state index in [0.29, 0.717) is 32.5 Å². The van der Waals surface area contributed by atoms with Gasteiger partial charge in [0.15, 0.2) is 0 Å². The standard InChI is InChI=1S/C27H32N2O5/c1-17(13-25(30)29-12-11-19(26(31)32)18(2)15-29)14-28-27(33)34-16-24-22-9-5-3-7-20(22)21-8-4-6-10-23(21)24/h3-10,17-19,24H,11-16H2,1-2H3,(H,28,33)(H,31,32). The highest BCUT2D eigenvalue weighted by atomic mass is 16.5. The van der Waals surface area contributed by atoms with Gasteiger partial charge in [0.05, 0.1) is 5.92 Å². The zero-order valence-electron chi connectivity index (χ0n) is 19.7. The van der Waals surface area contributed by atoms with E-state index >= 15 is 0 Å². The second kappa shape index (κ2) is 10.3. The number of carbonyl (C=O) groups excluding carboxylic acids is 2. The molecular weight excluding hydrogens is 432 g/mol. The fraction of sp³-hybridized carbons (Fsp3) is 0.444. The van der Waals surface area contributed by atoms with E-state index in [1.54, 1.807) is 4.90 Å². The minimum Gasteiger partial charge on any atom is -0.481 e. The second-order valence-electron chi connectivity index (χ2n) is 9.57. The number of carboxylic acid groups (broad SMARTS) is 1. The molecule has 2 aromatic rings. The maximum Gasteiger partial charge on any atom is 0.407 e. The van der Waals surface area contributed by atoms with Gasteiger partial charge in [-0.2, -0.15) is 0 Å². The summed E-state index contributed by atoms with van der Waals surface area (Å²) in [4.78, 5) is 38.0. The van der Waals surface area contributed by atoms with Crippen molar-refractivity contribution in [2.45, 2.75) is 32.6 Å². The van der Waals surface area contributed by atoms with Crippen molar-refractivity contribution in [1.82, 2.24) is 10.2 Å². The first kappa shape index (κ1) is 23.8. The Morgan fingerprint density at radius 2 is 1.71 bits per heavy atom. The van der Waals surface area contributed by atoms with Crippen LogP contribution in [0.5, 0.6) is 0 Å². The van der Waals surface area contributed by atoms with Crippen LogP contribution >= 0.6 is 0 Å². The highest BCUT2D eigenvalue weighted by Gasteiger charge is 2.33. The fourth-order valence-electron chi connectivity index (χ4n) is 5.15. The average molecular weight is 465 g/mol. The lowest BCUT2D eigenvalue weighted by Gasteiger charge is -2.35. The van der Waals surface area contributed by atoms with Crippen LogP contribution in [-0.4, -0.2) is 54.2 Å². The topological polar surface area (TPSA) is 95.9 Å². The number of piperidine rings is 1. The molecule has 0 aromatic heterocycles. The van der Waals surface area contributed by atoms with Crippen molar-refractivity contribution in [1.29, 1.82) is 0 Å². The molecule has 180 valence electrons. The van der Waals surface area contributed by atoms with Crippen LogP contribution in [0.15, 0.2) is 48.5 Å². The smallest absolute Gasteiger partial charge is 0.407 e. The first-order valence-corrected chi connectivity index (χ1v) is 11.9. The van der Waals surface area contributed by atoms with Gasteiger partial charge in [-0.05, 0) is 40.5 Å². The van der Waals surface area contributed by atoms with E-state index in [1.165, 1.54) is 11.1 Å². The second-order valence-corrected chi connectivity index (χ2v) is 9.57. The largest absolute Gasteiger partial charge is 0.481 e. The van der Waals surface area contributed by atoms with Crippen molar-refractivity contribution < 1.29 is 24.2 Å². The maximum absolute atomic E-state index is 12.6. The number of benzene rings is 2. The quantitative estimate of drug-likeness (QED) is 0.643. The summed E-state index contributed by atoms with van der Waals surface area (Å²) in [5.41, 5.74) is 4.69. The normalized spacial score (nSPS) is 20.2. The summed E-state index contributed by atoms with van der Waals surface area (Å²) in [6.07, 6.45) is 0.292. The summed E-state index contributed by atoms with van der Waals surface area (Å²) in [7, 11) is 0. The number of aliphatic carboxylic acids is 1. The number of likely N-dealkylation sites (tertiary alicyclic amines) is 1. The Hall–Kier alpha value is -3.35. The van der Waals surface area contributed by atoms with Crippen LogP contribution in [0.25, 0.3) is 11.1 Å². The van der Waals surface area contributed by atoms with Crippen LogP contribution in [0.4, 0.5) is 4.79 Å². The Morgan fingerprint density at radius 1 is 1.09 bits per heavy atom. The van der Waals surface area contributed by atoms with Crippen LogP contribution in [0.2, 0.25) is 0 Å². The predicted molar refractivity (Wildman–Crippen MR) is 128 cm³/mol. The molecule has 1 aliphatic heterocycles. The molecule has 2 N–H and O–H groups in total. The fourth-order valence-corrected chi connectivity index (χ4v) is 5.15.